The molecular formula is C8H18B2O3PS. The summed E-state index contributed by atoms with van der Waals surface area (Å²) in [6.07, 6.45) is -0.113. The van der Waals surface area contributed by atoms with Crippen LogP contribution in [0, 0.1) is 11.8 Å². The summed E-state index contributed by atoms with van der Waals surface area (Å²) >= 11 is 0.990. The van der Waals surface area contributed by atoms with Crippen molar-refractivity contribution >= 4 is 34.6 Å². The van der Waals surface area contributed by atoms with Crippen molar-refractivity contribution in [1.29, 1.82) is 1.34 Å². The topological polar surface area (TPSA) is 38.7 Å². The van der Waals surface area contributed by atoms with Crippen molar-refractivity contribution in [3.05, 3.63) is 0 Å². The van der Waals surface area contributed by atoms with Gasteiger partial charge in [0.05, 0.1) is 12.7 Å². The quantitative estimate of drug-likeness (QED) is 0.288. The summed E-state index contributed by atoms with van der Waals surface area (Å²) in [6, 6.07) is 0. The van der Waals surface area contributed by atoms with E-state index in [1.807, 2.05) is 20.5 Å². The van der Waals surface area contributed by atoms with Crippen LogP contribution in [0.15, 0.2) is 0 Å². The third-order valence-electron chi connectivity index (χ3n) is 2.10. The van der Waals surface area contributed by atoms with Crippen molar-refractivity contribution < 1.29 is 13.8 Å². The Labute approximate surface area is 102 Å². The van der Waals surface area contributed by atoms with E-state index in [-0.39, 0.29) is 24.5 Å². The molecule has 4 unspecified atom stereocenters. The van der Waals surface area contributed by atoms with Gasteiger partial charge in [-0.05, 0) is 16.0 Å². The zero-order chi connectivity index (χ0) is 12.6. The molecule has 3 radical (unpaired) electrons. The summed E-state index contributed by atoms with van der Waals surface area (Å²) in [7, 11) is 5.84. The molecule has 0 amide bonds. The largest absolute Gasteiger partial charge is 0.396 e. The molecule has 0 aromatic heterocycles. The molecule has 1 N–H and O–H groups in total. The molecule has 0 aromatic carbocycles. The van der Waals surface area contributed by atoms with Crippen LogP contribution in [0.5, 0.6) is 0 Å². The highest BCUT2D eigenvalue weighted by molar-refractivity contribution is 8.15. The maximum Gasteiger partial charge on any atom is 0.209 e. The minimum absolute atomic E-state index is 0.0251. The van der Waals surface area contributed by atoms with E-state index in [2.05, 4.69) is 0 Å². The van der Waals surface area contributed by atoms with Gasteiger partial charge in [-0.25, -0.2) is 0 Å². The Morgan fingerprint density at radius 2 is 2.27 bits per heavy atom. The van der Waals surface area contributed by atoms with Crippen LogP contribution in [0.2, 0.25) is 0 Å². The fraction of sp³-hybridized carbons (Fsp3) is 1.00. The zero-order valence-electron chi connectivity index (χ0n) is 10.4. The lowest BCUT2D eigenvalue weighted by molar-refractivity contribution is 0.0529. The highest BCUT2D eigenvalue weighted by Gasteiger charge is 2.25. The molecule has 0 aromatic rings. The highest BCUT2D eigenvalue weighted by Crippen LogP contribution is 2.33. The van der Waals surface area contributed by atoms with Gasteiger partial charge >= 0.3 is 0 Å². The van der Waals surface area contributed by atoms with Gasteiger partial charge in [-0.1, -0.05) is 25.7 Å². The molecule has 7 heteroatoms. The molecule has 15 heavy (non-hydrogen) atoms. The van der Waals surface area contributed by atoms with Gasteiger partial charge in [0.2, 0.25) is 7.09 Å². The maximum absolute atomic E-state index is 9.14. The fourth-order valence-electron chi connectivity index (χ4n) is 1.31. The molecule has 0 aliphatic heterocycles. The zero-order valence-corrected chi connectivity index (χ0v) is 11.1. The molecule has 0 aliphatic rings. The molecule has 0 saturated heterocycles. The van der Waals surface area contributed by atoms with Crippen molar-refractivity contribution in [2.24, 2.45) is 11.8 Å². The minimum Gasteiger partial charge on any atom is -0.396 e. The lowest BCUT2D eigenvalue weighted by Gasteiger charge is -2.30. The van der Waals surface area contributed by atoms with Crippen LogP contribution in [0.3, 0.4) is 0 Å². The predicted molar refractivity (Wildman–Crippen MR) is 69.6 cm³/mol. The molecule has 3 nitrogen and oxygen atoms in total. The molecule has 0 bridgehead atoms. The van der Waals surface area contributed by atoms with Crippen LogP contribution >= 0.6 is 19.9 Å². The number of hydrogen-bond acceptors (Lipinski definition) is 4. The first-order valence-electron chi connectivity index (χ1n) is 5.35. The molecular weight excluding hydrogens is 229 g/mol. The van der Waals surface area contributed by atoms with E-state index in [4.69, 9.17) is 22.7 Å². The van der Waals surface area contributed by atoms with E-state index in [1.165, 1.54) is 0 Å². The Bertz CT molecular complexity index is 181. The van der Waals surface area contributed by atoms with Crippen molar-refractivity contribution in [3.8, 4) is 0 Å². The van der Waals surface area contributed by atoms with E-state index in [0.717, 1.165) is 19.0 Å². The molecule has 85 valence electrons. The Kier molecular flexibility index (Phi) is 8.21. The summed E-state index contributed by atoms with van der Waals surface area (Å²) in [6.45, 7) is 6.27. The number of hydrogen-bond donors (Lipinski definition) is 1. The standard InChI is InChI=1S/C8H18B2O3PS/c1-6(4-11)8(13-14(3)9)7(2)5-12-15-10/h6-8,10-11H,4-5H2,1-3H3/i10T. The van der Waals surface area contributed by atoms with Crippen LogP contribution in [0.25, 0.3) is 0 Å². The second-order valence-electron chi connectivity index (χ2n) is 3.63. The summed E-state index contributed by atoms with van der Waals surface area (Å²) in [5, 5.41) is 9.14. The molecule has 0 aliphatic carbocycles. The van der Waals surface area contributed by atoms with Crippen LogP contribution in [-0.4, -0.2) is 47.1 Å². The van der Waals surface area contributed by atoms with Crippen LogP contribution in [0.4, 0.5) is 0 Å². The van der Waals surface area contributed by atoms with Crippen molar-refractivity contribution in [2.75, 3.05) is 19.9 Å². The van der Waals surface area contributed by atoms with Gasteiger partial charge in [-0.2, -0.15) is 0 Å². The molecule has 4 atom stereocenters. The van der Waals surface area contributed by atoms with Crippen molar-refractivity contribution in [3.63, 3.8) is 0 Å². The second-order valence-corrected chi connectivity index (χ2v) is 5.37. The normalized spacial score (nSPS) is 20.1. The highest BCUT2D eigenvalue weighted by atomic mass is 32.2. The van der Waals surface area contributed by atoms with Gasteiger partial charge < -0.3 is 13.8 Å². The monoisotopic (exact) mass is 249 g/mol. The first-order chi connectivity index (χ1) is 7.52. The average molecular weight is 249 g/mol. The SMILES string of the molecule is [3H][B]SOCC(C)C(OP([B])C)C(C)CO. The summed E-state index contributed by atoms with van der Waals surface area (Å²) in [4.78, 5) is 0. The molecule has 0 spiro atoms. The van der Waals surface area contributed by atoms with Crippen LogP contribution in [0.1, 0.15) is 13.8 Å². The predicted octanol–water partition coefficient (Wildman–Crippen LogP) is 1.23. The third-order valence-corrected chi connectivity index (χ3v) is 2.94. The van der Waals surface area contributed by atoms with E-state index in [0.29, 0.717) is 6.61 Å². The number of aliphatic hydroxyl groups excluding tert-OH is 1. The first-order valence-corrected chi connectivity index (χ1v) is 7.35. The van der Waals surface area contributed by atoms with Crippen molar-refractivity contribution in [1.82, 2.24) is 0 Å². The second kappa shape index (κ2) is 8.89. The number of rotatable bonds is 9. The van der Waals surface area contributed by atoms with Crippen LogP contribution in [-0.2, 0) is 8.71 Å². The first kappa shape index (κ1) is 13.9. The Morgan fingerprint density at radius 1 is 1.60 bits per heavy atom. The Balaban J connectivity index is 4.14. The number of aliphatic hydroxyl groups is 1. The molecule has 0 rings (SSSR count). The lowest BCUT2D eigenvalue weighted by Crippen LogP contribution is -2.32. The van der Waals surface area contributed by atoms with Gasteiger partial charge in [0.25, 0.3) is 0 Å². The maximum atomic E-state index is 9.14. The fourth-order valence-corrected chi connectivity index (χ4v) is 2.40. The van der Waals surface area contributed by atoms with Gasteiger partial charge in [0.1, 0.15) is 7.57 Å². The van der Waals surface area contributed by atoms with E-state index in [1.54, 1.807) is 0 Å². The molecule has 0 heterocycles. The summed E-state index contributed by atoms with van der Waals surface area (Å²) < 4.78 is 17.6. The smallest absolute Gasteiger partial charge is 0.209 e. The summed E-state index contributed by atoms with van der Waals surface area (Å²) in [5.41, 5.74) is 0. The minimum atomic E-state index is -0.947. The van der Waals surface area contributed by atoms with Gasteiger partial charge in [0.15, 0.2) is 0 Å². The molecule has 0 fully saturated rings. The average Bonchev–Trinajstić information content (AvgIpc) is 2.24. The summed E-state index contributed by atoms with van der Waals surface area (Å²) in [5.74, 6) is 0.153. The van der Waals surface area contributed by atoms with Gasteiger partial charge in [-0.15, -0.1) is 0 Å². The Hall–Kier alpha value is 0.790. The van der Waals surface area contributed by atoms with Crippen LogP contribution < -0.4 is 0 Å². The van der Waals surface area contributed by atoms with E-state index < -0.39 is 8.03 Å². The van der Waals surface area contributed by atoms with Crippen molar-refractivity contribution in [2.45, 2.75) is 20.0 Å². The van der Waals surface area contributed by atoms with E-state index in [9.17, 15) is 0 Å². The third kappa shape index (κ3) is 6.85. The van der Waals surface area contributed by atoms with Gasteiger partial charge in [-0.3, -0.25) is 0 Å². The molecule has 0 saturated carbocycles. The van der Waals surface area contributed by atoms with Gasteiger partial charge in [0, 0.05) is 18.4 Å². The lowest BCUT2D eigenvalue weighted by atomic mass is 9.95. The van der Waals surface area contributed by atoms with E-state index >= 15 is 0 Å². The Morgan fingerprint density at radius 3 is 2.73 bits per heavy atom.